The van der Waals surface area contributed by atoms with Crippen molar-refractivity contribution in [1.29, 1.82) is 0 Å². The third-order valence-corrected chi connectivity index (χ3v) is 6.08. The molecular weight excluding hydrogens is 500 g/mol. The molecule has 1 aliphatic heterocycles. The molecule has 2 heterocycles. The van der Waals surface area contributed by atoms with Crippen molar-refractivity contribution < 1.29 is 18.0 Å². The average molecular weight is 521 g/mol. The Labute approximate surface area is 210 Å². The number of benzene rings is 2. The summed E-state index contributed by atoms with van der Waals surface area (Å²) in [5, 5.41) is 3.12. The van der Waals surface area contributed by atoms with E-state index < -0.39 is 29.0 Å². The lowest BCUT2D eigenvalue weighted by Crippen LogP contribution is -2.46. The van der Waals surface area contributed by atoms with E-state index in [1.165, 1.54) is 18.3 Å². The quantitative estimate of drug-likeness (QED) is 0.325. The molecule has 0 spiro atoms. The Hall–Kier alpha value is -3.07. The smallest absolute Gasteiger partial charge is 0.255 e. The van der Waals surface area contributed by atoms with Crippen LogP contribution < -0.4 is 10.2 Å². The Bertz CT molecular complexity index is 1250. The van der Waals surface area contributed by atoms with Gasteiger partial charge in [-0.25, -0.2) is 18.2 Å². The number of piperazine rings is 1. The monoisotopic (exact) mass is 520 g/mol. The molecule has 1 N–H and O–H groups in total. The summed E-state index contributed by atoms with van der Waals surface area (Å²) in [5.41, 5.74) is 0.794. The van der Waals surface area contributed by atoms with Crippen LogP contribution in [0.3, 0.4) is 0 Å². The summed E-state index contributed by atoms with van der Waals surface area (Å²) < 4.78 is 42.9. The number of hydrogen-bond donors (Lipinski definition) is 1. The first kappa shape index (κ1) is 25.0. The number of pyridine rings is 1. The van der Waals surface area contributed by atoms with Crippen LogP contribution in [0.2, 0.25) is 10.2 Å². The maximum absolute atomic E-state index is 14.7. The molecule has 0 atom stereocenters. The zero-order chi connectivity index (χ0) is 24.9. The maximum Gasteiger partial charge on any atom is 0.255 e. The highest BCUT2D eigenvalue weighted by molar-refractivity contribution is 6.30. The lowest BCUT2D eigenvalue weighted by Gasteiger charge is -2.36. The van der Waals surface area contributed by atoms with Crippen molar-refractivity contribution in [3.8, 4) is 0 Å². The van der Waals surface area contributed by atoms with E-state index in [0.717, 1.165) is 11.6 Å². The minimum atomic E-state index is -1.65. The van der Waals surface area contributed by atoms with Gasteiger partial charge in [0.05, 0.1) is 5.69 Å². The summed E-state index contributed by atoms with van der Waals surface area (Å²) in [4.78, 5) is 20.3. The van der Waals surface area contributed by atoms with Crippen molar-refractivity contribution in [2.75, 3.05) is 42.9 Å². The van der Waals surface area contributed by atoms with Crippen molar-refractivity contribution in [1.82, 2.24) is 9.88 Å². The zero-order valence-corrected chi connectivity index (χ0v) is 20.0. The maximum atomic E-state index is 14.7. The van der Waals surface area contributed by atoms with Gasteiger partial charge in [-0.3, -0.25) is 9.69 Å². The molecular formula is C25H21Cl2F3N4O. The van der Waals surface area contributed by atoms with E-state index in [9.17, 15) is 18.0 Å². The molecule has 10 heteroatoms. The highest BCUT2D eigenvalue weighted by Gasteiger charge is 2.26. The fraction of sp³-hybridized carbons (Fsp3) is 0.200. The number of hydrogen-bond acceptors (Lipinski definition) is 4. The van der Waals surface area contributed by atoms with E-state index in [2.05, 4.69) is 15.2 Å². The van der Waals surface area contributed by atoms with Gasteiger partial charge in [-0.1, -0.05) is 47.5 Å². The highest BCUT2D eigenvalue weighted by atomic mass is 35.5. The normalized spacial score (nSPS) is 14.5. The number of carbonyl (C=O) groups excluding carboxylic acids is 1. The van der Waals surface area contributed by atoms with Crippen LogP contribution in [0.5, 0.6) is 0 Å². The number of rotatable bonds is 6. The summed E-state index contributed by atoms with van der Waals surface area (Å²) in [6.45, 7) is 2.78. The molecule has 0 saturated carbocycles. The first-order valence-corrected chi connectivity index (χ1v) is 11.6. The second kappa shape index (κ2) is 11.1. The molecule has 1 saturated heterocycles. The predicted molar refractivity (Wildman–Crippen MR) is 133 cm³/mol. The van der Waals surface area contributed by atoms with Crippen molar-refractivity contribution >= 4 is 46.6 Å². The van der Waals surface area contributed by atoms with E-state index in [-0.39, 0.29) is 16.4 Å². The van der Waals surface area contributed by atoms with Gasteiger partial charge >= 0.3 is 0 Å². The topological polar surface area (TPSA) is 48.5 Å². The SMILES string of the molecule is O=C(Nc1c(N2CCN(CC=Cc3ccc(Cl)cc3)CC2)cc(F)c(F)c1F)c1ccnc(Cl)c1. The summed E-state index contributed by atoms with van der Waals surface area (Å²) >= 11 is 11.7. The first-order chi connectivity index (χ1) is 16.8. The van der Waals surface area contributed by atoms with Crippen LogP contribution in [0.15, 0.2) is 54.7 Å². The molecule has 5 nitrogen and oxygen atoms in total. The lowest BCUT2D eigenvalue weighted by atomic mass is 10.1. The Morgan fingerprint density at radius 3 is 2.40 bits per heavy atom. The van der Waals surface area contributed by atoms with Gasteiger partial charge in [0.15, 0.2) is 17.5 Å². The number of amides is 1. The molecule has 35 heavy (non-hydrogen) atoms. The molecule has 1 fully saturated rings. The van der Waals surface area contributed by atoms with Crippen LogP contribution in [0.25, 0.3) is 6.08 Å². The van der Waals surface area contributed by atoms with Gasteiger partial charge in [-0.05, 0) is 29.8 Å². The molecule has 3 aromatic rings. The van der Waals surface area contributed by atoms with Crippen molar-refractivity contribution in [3.05, 3.63) is 93.5 Å². The van der Waals surface area contributed by atoms with Gasteiger partial charge in [-0.2, -0.15) is 0 Å². The number of carbonyl (C=O) groups is 1. The van der Waals surface area contributed by atoms with Crippen LogP contribution in [0.4, 0.5) is 24.5 Å². The van der Waals surface area contributed by atoms with Crippen molar-refractivity contribution in [2.24, 2.45) is 0 Å². The summed E-state index contributed by atoms with van der Waals surface area (Å²) in [5.74, 6) is -5.15. The molecule has 0 aliphatic carbocycles. The van der Waals surface area contributed by atoms with E-state index in [1.54, 1.807) is 4.90 Å². The van der Waals surface area contributed by atoms with Crippen LogP contribution in [-0.2, 0) is 0 Å². The Morgan fingerprint density at radius 1 is 1.00 bits per heavy atom. The molecule has 0 unspecified atom stereocenters. The molecule has 1 aromatic heterocycles. The number of aromatic nitrogens is 1. The third kappa shape index (κ3) is 6.14. The Kier molecular flexibility index (Phi) is 7.95. The molecule has 2 aromatic carbocycles. The summed E-state index contributed by atoms with van der Waals surface area (Å²) in [6.07, 6.45) is 5.34. The van der Waals surface area contributed by atoms with Crippen molar-refractivity contribution in [3.63, 3.8) is 0 Å². The number of nitrogens with zero attached hydrogens (tertiary/aromatic N) is 3. The van der Waals surface area contributed by atoms with E-state index >= 15 is 0 Å². The van der Waals surface area contributed by atoms with Gasteiger partial charge in [0.1, 0.15) is 10.8 Å². The number of halogens is 5. The number of anilines is 2. The molecule has 1 amide bonds. The van der Waals surface area contributed by atoms with Gasteiger partial charge in [-0.15, -0.1) is 0 Å². The molecule has 1 aliphatic rings. The molecule has 4 rings (SSSR count). The summed E-state index contributed by atoms with van der Waals surface area (Å²) in [7, 11) is 0. The standard InChI is InChI=1S/C25H21Cl2F3N4O/c26-18-5-3-16(4-6-18)2-1-9-33-10-12-34(13-11-33)20-15-19(28)22(29)23(30)24(20)32-25(35)17-7-8-31-21(27)14-17/h1-8,14-15H,9-13H2,(H,32,35). The summed E-state index contributed by atoms with van der Waals surface area (Å²) in [6, 6.07) is 11.1. The Balaban J connectivity index is 1.46. The highest BCUT2D eigenvalue weighted by Crippen LogP contribution is 2.33. The fourth-order valence-corrected chi connectivity index (χ4v) is 4.06. The van der Waals surface area contributed by atoms with E-state index in [0.29, 0.717) is 37.7 Å². The molecule has 0 radical (unpaired) electrons. The average Bonchev–Trinajstić information content (AvgIpc) is 2.86. The largest absolute Gasteiger partial charge is 0.367 e. The fourth-order valence-electron chi connectivity index (χ4n) is 3.76. The Morgan fingerprint density at radius 2 is 1.71 bits per heavy atom. The first-order valence-electron chi connectivity index (χ1n) is 10.8. The van der Waals surface area contributed by atoms with Gasteiger partial charge < -0.3 is 10.2 Å². The van der Waals surface area contributed by atoms with E-state index in [4.69, 9.17) is 23.2 Å². The van der Waals surface area contributed by atoms with Crippen LogP contribution in [-0.4, -0.2) is 48.5 Å². The van der Waals surface area contributed by atoms with Crippen molar-refractivity contribution in [2.45, 2.75) is 0 Å². The van der Waals surface area contributed by atoms with E-state index in [1.807, 2.05) is 36.4 Å². The second-order valence-corrected chi connectivity index (χ2v) is 8.77. The number of nitrogens with one attached hydrogen (secondary N) is 1. The van der Waals surface area contributed by atoms with Crippen LogP contribution in [0, 0.1) is 17.5 Å². The lowest BCUT2D eigenvalue weighted by molar-refractivity contribution is 0.102. The zero-order valence-electron chi connectivity index (χ0n) is 18.4. The second-order valence-electron chi connectivity index (χ2n) is 7.94. The minimum Gasteiger partial charge on any atom is -0.367 e. The predicted octanol–water partition coefficient (Wildman–Crippen LogP) is 5.89. The molecule has 0 bridgehead atoms. The molecule has 182 valence electrons. The van der Waals surface area contributed by atoms with Gasteiger partial charge in [0.25, 0.3) is 5.91 Å². The van der Waals surface area contributed by atoms with Crippen LogP contribution in [0.1, 0.15) is 15.9 Å². The third-order valence-electron chi connectivity index (χ3n) is 5.63. The van der Waals surface area contributed by atoms with Gasteiger partial charge in [0, 0.05) is 55.6 Å². The minimum absolute atomic E-state index is 0.0740. The van der Waals surface area contributed by atoms with Gasteiger partial charge in [0.2, 0.25) is 0 Å². The van der Waals surface area contributed by atoms with Crippen LogP contribution >= 0.6 is 23.2 Å².